The Morgan fingerprint density at radius 3 is 2.46 bits per heavy atom. The lowest BCUT2D eigenvalue weighted by Crippen LogP contribution is -3.08. The van der Waals surface area contributed by atoms with Crippen LogP contribution in [0.2, 0.25) is 5.02 Å². The summed E-state index contributed by atoms with van der Waals surface area (Å²) in [5.74, 6) is 0.920. The smallest absolute Gasteiger partial charge is 0.292 e. The highest BCUT2D eigenvalue weighted by atomic mass is 35.5. The Kier molecular flexibility index (Phi) is 7.19. The van der Waals surface area contributed by atoms with Crippen molar-refractivity contribution in [2.75, 3.05) is 33.1 Å². The molecule has 0 bridgehead atoms. The number of nitro benzene ring substituents is 1. The number of aryl methyl sites for hydroxylation is 1. The molecule has 28 heavy (non-hydrogen) atoms. The summed E-state index contributed by atoms with van der Waals surface area (Å²) in [7, 11) is 5.01. The van der Waals surface area contributed by atoms with Crippen LogP contribution in [0.3, 0.4) is 0 Å². The average Bonchev–Trinajstić information content (AvgIpc) is 2.62. The maximum Gasteiger partial charge on any atom is 0.292 e. The normalized spacial score (nSPS) is 11.6. The summed E-state index contributed by atoms with van der Waals surface area (Å²) < 4.78 is 10.6. The van der Waals surface area contributed by atoms with Crippen molar-refractivity contribution < 1.29 is 24.1 Å². The monoisotopic (exact) mass is 408 g/mol. The minimum Gasteiger partial charge on any atom is -0.493 e. The van der Waals surface area contributed by atoms with Gasteiger partial charge in [-0.2, -0.15) is 0 Å². The number of carbonyl (C=O) groups is 1. The first-order chi connectivity index (χ1) is 13.2. The van der Waals surface area contributed by atoms with Gasteiger partial charge in [0.2, 0.25) is 0 Å². The molecule has 0 aromatic heterocycles. The third kappa shape index (κ3) is 5.34. The van der Waals surface area contributed by atoms with E-state index in [0.29, 0.717) is 23.1 Å². The second kappa shape index (κ2) is 9.38. The van der Waals surface area contributed by atoms with Gasteiger partial charge < -0.3 is 19.7 Å². The lowest BCUT2D eigenvalue weighted by Gasteiger charge is -2.17. The number of likely N-dealkylation sites (N-methyl/N-ethyl adjacent to an activating group) is 1. The van der Waals surface area contributed by atoms with E-state index in [2.05, 4.69) is 5.32 Å². The van der Waals surface area contributed by atoms with Gasteiger partial charge in [0, 0.05) is 16.7 Å². The topological polar surface area (TPSA) is 95.1 Å². The minimum atomic E-state index is -0.560. The largest absolute Gasteiger partial charge is 0.493 e. The van der Waals surface area contributed by atoms with Gasteiger partial charge in [-0.05, 0) is 36.8 Å². The number of ether oxygens (including phenoxy) is 2. The number of nitrogens with one attached hydrogen (secondary N) is 2. The summed E-state index contributed by atoms with van der Waals surface area (Å²) in [6.07, 6.45) is 0. The molecule has 2 aromatic carbocycles. The lowest BCUT2D eigenvalue weighted by molar-refractivity contribution is -0.885. The van der Waals surface area contributed by atoms with E-state index < -0.39 is 4.92 Å². The Hall–Kier alpha value is -2.84. The van der Waals surface area contributed by atoms with Crippen LogP contribution in [-0.2, 0) is 11.3 Å². The maximum absolute atomic E-state index is 12.4. The molecule has 0 aliphatic carbocycles. The first kappa shape index (κ1) is 21.5. The first-order valence-electron chi connectivity index (χ1n) is 8.51. The van der Waals surface area contributed by atoms with Crippen molar-refractivity contribution in [1.82, 2.24) is 0 Å². The number of nitro groups is 1. The standard InChI is InChI=1S/C19H22ClN3O5/c1-12-7-17(27-3)18(28-4)8-13(12)10-22(2)11-19(24)21-15-9-14(20)5-6-16(15)23(25)26/h5-9H,10-11H2,1-4H3,(H,21,24)/p+1. The molecule has 1 unspecified atom stereocenters. The number of benzene rings is 2. The molecule has 9 heteroatoms. The van der Waals surface area contributed by atoms with E-state index >= 15 is 0 Å². The van der Waals surface area contributed by atoms with Crippen molar-refractivity contribution in [3.05, 3.63) is 56.6 Å². The Morgan fingerprint density at radius 2 is 1.86 bits per heavy atom. The molecule has 0 fully saturated rings. The molecule has 8 nitrogen and oxygen atoms in total. The molecule has 0 spiro atoms. The molecule has 0 aliphatic heterocycles. The highest BCUT2D eigenvalue weighted by Crippen LogP contribution is 2.30. The molecular formula is C19H23ClN3O5+. The number of quaternary nitrogens is 1. The van der Waals surface area contributed by atoms with Gasteiger partial charge in [0.05, 0.1) is 26.2 Å². The van der Waals surface area contributed by atoms with Gasteiger partial charge in [0.25, 0.3) is 11.6 Å². The minimum absolute atomic E-state index is 0.0811. The first-order valence-corrected chi connectivity index (χ1v) is 8.89. The molecule has 1 amide bonds. The van der Waals surface area contributed by atoms with Crippen molar-refractivity contribution in [2.24, 2.45) is 0 Å². The maximum atomic E-state index is 12.4. The Balaban J connectivity index is 2.08. The average molecular weight is 409 g/mol. The number of hydrogen-bond donors (Lipinski definition) is 2. The Morgan fingerprint density at radius 1 is 1.21 bits per heavy atom. The number of hydrogen-bond acceptors (Lipinski definition) is 5. The highest BCUT2D eigenvalue weighted by Gasteiger charge is 2.19. The molecule has 0 radical (unpaired) electrons. The fourth-order valence-corrected chi connectivity index (χ4v) is 3.01. The molecule has 150 valence electrons. The predicted molar refractivity (Wildman–Crippen MR) is 106 cm³/mol. The van der Waals surface area contributed by atoms with E-state index in [-0.39, 0.29) is 23.8 Å². The summed E-state index contributed by atoms with van der Waals surface area (Å²) in [6, 6.07) is 7.81. The zero-order valence-corrected chi connectivity index (χ0v) is 16.9. The number of anilines is 1. The van der Waals surface area contributed by atoms with Gasteiger partial charge in [0.1, 0.15) is 12.2 Å². The van der Waals surface area contributed by atoms with Crippen molar-refractivity contribution in [3.63, 3.8) is 0 Å². The van der Waals surface area contributed by atoms with E-state index in [1.807, 2.05) is 26.1 Å². The van der Waals surface area contributed by atoms with Crippen molar-refractivity contribution >= 4 is 28.9 Å². The molecule has 0 saturated carbocycles. The summed E-state index contributed by atoms with van der Waals surface area (Å²) in [5.41, 5.74) is 1.91. The van der Waals surface area contributed by atoms with E-state index in [0.717, 1.165) is 16.0 Å². The number of methoxy groups -OCH3 is 2. The van der Waals surface area contributed by atoms with Gasteiger partial charge in [-0.25, -0.2) is 0 Å². The fraction of sp³-hybridized carbons (Fsp3) is 0.316. The van der Waals surface area contributed by atoms with Crippen LogP contribution in [0, 0.1) is 17.0 Å². The number of halogens is 1. The summed E-state index contributed by atoms with van der Waals surface area (Å²) in [5, 5.41) is 14.0. The van der Waals surface area contributed by atoms with Gasteiger partial charge in [0.15, 0.2) is 18.0 Å². The molecule has 1 atom stereocenters. The third-order valence-corrected chi connectivity index (χ3v) is 4.46. The zero-order valence-electron chi connectivity index (χ0n) is 16.2. The van der Waals surface area contributed by atoms with E-state index in [4.69, 9.17) is 21.1 Å². The van der Waals surface area contributed by atoms with Gasteiger partial charge in [-0.3, -0.25) is 14.9 Å². The second-order valence-electron chi connectivity index (χ2n) is 6.41. The van der Waals surface area contributed by atoms with Crippen LogP contribution in [0.4, 0.5) is 11.4 Å². The quantitative estimate of drug-likeness (QED) is 0.516. The van der Waals surface area contributed by atoms with E-state index in [1.54, 1.807) is 14.2 Å². The molecule has 0 saturated heterocycles. The van der Waals surface area contributed by atoms with Crippen LogP contribution in [-0.4, -0.2) is 38.6 Å². The van der Waals surface area contributed by atoms with Crippen LogP contribution >= 0.6 is 11.6 Å². The van der Waals surface area contributed by atoms with Crippen LogP contribution < -0.4 is 19.7 Å². The molecule has 2 N–H and O–H groups in total. The molecule has 2 aromatic rings. The summed E-state index contributed by atoms with van der Waals surface area (Å²) in [4.78, 5) is 23.8. The molecule has 2 rings (SSSR count). The summed E-state index contributed by atoms with van der Waals surface area (Å²) in [6.45, 7) is 2.65. The highest BCUT2D eigenvalue weighted by molar-refractivity contribution is 6.31. The van der Waals surface area contributed by atoms with Crippen LogP contribution in [0.15, 0.2) is 30.3 Å². The van der Waals surface area contributed by atoms with Crippen molar-refractivity contribution in [1.29, 1.82) is 0 Å². The van der Waals surface area contributed by atoms with Crippen molar-refractivity contribution in [2.45, 2.75) is 13.5 Å². The number of amides is 1. The lowest BCUT2D eigenvalue weighted by atomic mass is 10.1. The van der Waals surface area contributed by atoms with E-state index in [1.165, 1.54) is 18.2 Å². The van der Waals surface area contributed by atoms with Gasteiger partial charge >= 0.3 is 0 Å². The Bertz CT molecular complexity index is 888. The predicted octanol–water partition coefficient (Wildman–Crippen LogP) is 2.23. The zero-order chi connectivity index (χ0) is 20.8. The van der Waals surface area contributed by atoms with E-state index in [9.17, 15) is 14.9 Å². The fourth-order valence-electron chi connectivity index (χ4n) is 2.84. The van der Waals surface area contributed by atoms with Gasteiger partial charge in [-0.15, -0.1) is 0 Å². The SMILES string of the molecule is COc1cc(C)c(C[NH+](C)CC(=O)Nc2cc(Cl)ccc2[N+](=O)[O-])cc1OC. The molecular weight excluding hydrogens is 386 g/mol. The summed E-state index contributed by atoms with van der Waals surface area (Å²) >= 11 is 5.89. The van der Waals surface area contributed by atoms with Crippen LogP contribution in [0.1, 0.15) is 11.1 Å². The second-order valence-corrected chi connectivity index (χ2v) is 6.85. The van der Waals surface area contributed by atoms with Crippen LogP contribution in [0.5, 0.6) is 11.5 Å². The van der Waals surface area contributed by atoms with Gasteiger partial charge in [-0.1, -0.05) is 11.6 Å². The van der Waals surface area contributed by atoms with Crippen LogP contribution in [0.25, 0.3) is 0 Å². The number of carbonyl (C=O) groups excluding carboxylic acids is 1. The third-order valence-electron chi connectivity index (χ3n) is 4.23. The molecule has 0 heterocycles. The number of nitrogens with zero attached hydrogens (tertiary/aromatic N) is 1. The van der Waals surface area contributed by atoms with Crippen molar-refractivity contribution in [3.8, 4) is 11.5 Å². The number of rotatable bonds is 8. The molecule has 0 aliphatic rings. The Labute approximate surface area is 168 Å².